The third-order valence-electron chi connectivity index (χ3n) is 6.91. The first-order valence-corrected chi connectivity index (χ1v) is 15.0. The zero-order valence-electron chi connectivity index (χ0n) is 23.7. The first kappa shape index (κ1) is 31.6. The summed E-state index contributed by atoms with van der Waals surface area (Å²) in [5.41, 5.74) is 2.76. The lowest BCUT2D eigenvalue weighted by atomic mass is 9.97. The maximum Gasteiger partial charge on any atom is 0.459 e. The van der Waals surface area contributed by atoms with E-state index in [-0.39, 0.29) is 22.7 Å². The van der Waals surface area contributed by atoms with Crippen LogP contribution in [0.25, 0.3) is 21.9 Å². The van der Waals surface area contributed by atoms with Gasteiger partial charge in [0.25, 0.3) is 6.43 Å². The van der Waals surface area contributed by atoms with E-state index in [1.165, 1.54) is 19.1 Å². The van der Waals surface area contributed by atoms with Gasteiger partial charge in [-0.15, -0.1) is 0 Å². The molecule has 13 nitrogen and oxygen atoms in total. The average molecular weight is 639 g/mol. The smallest absolute Gasteiger partial charge is 0.459 e. The Morgan fingerprint density at radius 2 is 1.91 bits per heavy atom. The molecule has 3 heterocycles. The highest BCUT2D eigenvalue weighted by molar-refractivity contribution is 7.52. The molecule has 2 aromatic carbocycles. The number of nitrogens with one attached hydrogen (secondary N) is 1. The van der Waals surface area contributed by atoms with Crippen LogP contribution < -0.4 is 15.3 Å². The van der Waals surface area contributed by atoms with E-state index < -0.39 is 63.0 Å². The predicted molar refractivity (Wildman–Crippen MR) is 151 cm³/mol. The number of nitrogens with two attached hydrogens (primary N) is 1. The van der Waals surface area contributed by atoms with Crippen molar-refractivity contribution in [2.75, 3.05) is 12.3 Å². The van der Waals surface area contributed by atoms with Gasteiger partial charge in [-0.3, -0.25) is 13.9 Å². The Morgan fingerprint density at radius 3 is 2.61 bits per heavy atom. The van der Waals surface area contributed by atoms with Gasteiger partial charge in [0.2, 0.25) is 0 Å². The quantitative estimate of drug-likeness (QED) is 0.160. The van der Waals surface area contributed by atoms with E-state index in [9.17, 15) is 23.2 Å². The fraction of sp³-hybridized carbons (Fsp3) is 0.407. The molecule has 0 spiro atoms. The van der Waals surface area contributed by atoms with Crippen molar-refractivity contribution in [1.29, 1.82) is 0 Å². The van der Waals surface area contributed by atoms with Crippen molar-refractivity contribution in [2.24, 2.45) is 0 Å². The number of ether oxygens (including phenoxy) is 2. The number of aromatic nitrogens is 4. The molecule has 2 aromatic heterocycles. The molecule has 0 amide bonds. The molecular formula is C27H30F3N6O7P. The van der Waals surface area contributed by atoms with Crippen LogP contribution in [0.4, 0.5) is 19.0 Å². The molecule has 5 rings (SSSR count). The number of esters is 1. The highest BCUT2D eigenvalue weighted by Crippen LogP contribution is 2.50. The number of alkyl halides is 3. The Labute approximate surface area is 249 Å². The third-order valence-corrected chi connectivity index (χ3v) is 8.53. The molecule has 17 heteroatoms. The second-order valence-electron chi connectivity index (χ2n) is 10.4. The molecule has 4 aromatic rings. The Kier molecular flexibility index (Phi) is 8.82. The number of carbonyl (C=O) groups excluding carboxylic acids is 1. The van der Waals surface area contributed by atoms with E-state index in [0.29, 0.717) is 5.39 Å². The molecule has 44 heavy (non-hydrogen) atoms. The van der Waals surface area contributed by atoms with Crippen molar-refractivity contribution in [1.82, 2.24) is 24.6 Å². The van der Waals surface area contributed by atoms with E-state index in [1.807, 2.05) is 12.1 Å². The molecule has 4 N–H and O–H groups in total. The molecule has 0 saturated carbocycles. The van der Waals surface area contributed by atoms with Crippen molar-refractivity contribution in [3.8, 4) is 5.75 Å². The summed E-state index contributed by atoms with van der Waals surface area (Å²) in [6.45, 7) is 3.19. The van der Waals surface area contributed by atoms with Crippen LogP contribution in [0.3, 0.4) is 0 Å². The van der Waals surface area contributed by atoms with Gasteiger partial charge in [-0.25, -0.2) is 32.7 Å². The summed E-state index contributed by atoms with van der Waals surface area (Å²) in [6.07, 6.45) is -8.70. The molecule has 1 aliphatic rings. The number of rotatable bonds is 11. The number of benzene rings is 2. The average Bonchev–Trinajstić information content (AvgIpc) is 3.51. The van der Waals surface area contributed by atoms with Crippen molar-refractivity contribution in [3.05, 3.63) is 55.1 Å². The number of nitrogen functional groups attached to an aromatic ring is 1. The van der Waals surface area contributed by atoms with Gasteiger partial charge < -0.3 is 24.8 Å². The summed E-state index contributed by atoms with van der Waals surface area (Å²) in [5.74, 6) is -0.871. The fourth-order valence-corrected chi connectivity index (χ4v) is 6.20. The number of aliphatic hydroxyl groups is 1. The van der Waals surface area contributed by atoms with Crippen molar-refractivity contribution in [3.63, 3.8) is 0 Å². The number of halogens is 3. The van der Waals surface area contributed by atoms with Gasteiger partial charge in [0, 0.05) is 0 Å². The second-order valence-corrected chi connectivity index (χ2v) is 12.1. The number of aliphatic hydroxyl groups excluding tert-OH is 1. The van der Waals surface area contributed by atoms with Gasteiger partial charge in [-0.1, -0.05) is 30.3 Å². The largest absolute Gasteiger partial charge is 0.462 e. The number of anilines is 1. The molecule has 1 unspecified atom stereocenters. The summed E-state index contributed by atoms with van der Waals surface area (Å²) in [4.78, 5) is 24.2. The van der Waals surface area contributed by atoms with Crippen LogP contribution >= 0.6 is 7.75 Å². The molecule has 0 aliphatic carbocycles. The minimum atomic E-state index is -4.73. The van der Waals surface area contributed by atoms with E-state index in [2.05, 4.69) is 20.0 Å². The van der Waals surface area contributed by atoms with E-state index in [4.69, 9.17) is 24.3 Å². The van der Waals surface area contributed by atoms with Crippen LogP contribution in [-0.4, -0.2) is 73.6 Å². The number of fused-ring (bicyclic) bond motifs is 2. The molecule has 1 fully saturated rings. The second kappa shape index (κ2) is 12.3. The van der Waals surface area contributed by atoms with Crippen LogP contribution in [0.15, 0.2) is 55.1 Å². The molecule has 6 atom stereocenters. The van der Waals surface area contributed by atoms with E-state index in [1.54, 1.807) is 32.0 Å². The van der Waals surface area contributed by atoms with Gasteiger partial charge in [0.05, 0.1) is 19.0 Å². The lowest BCUT2D eigenvalue weighted by molar-refractivity contribution is -0.191. The Bertz CT molecular complexity index is 1710. The van der Waals surface area contributed by atoms with Crippen LogP contribution in [0, 0.1) is 0 Å². The molecule has 0 bridgehead atoms. The highest BCUT2D eigenvalue weighted by Gasteiger charge is 2.62. The monoisotopic (exact) mass is 638 g/mol. The van der Waals surface area contributed by atoms with Crippen LogP contribution in [-0.2, 0) is 23.4 Å². The normalized spacial score (nSPS) is 24.2. The number of nitrogens with zero attached hydrogens (tertiary/aromatic N) is 4. The Morgan fingerprint density at radius 1 is 1.18 bits per heavy atom. The van der Waals surface area contributed by atoms with Crippen LogP contribution in [0.2, 0.25) is 0 Å². The molecule has 1 saturated heterocycles. The van der Waals surface area contributed by atoms with Gasteiger partial charge in [0.15, 0.2) is 29.5 Å². The highest BCUT2D eigenvalue weighted by atomic mass is 31.2. The van der Waals surface area contributed by atoms with Gasteiger partial charge in [0.1, 0.15) is 29.7 Å². The number of carbonyl (C=O) groups is 1. The summed E-state index contributed by atoms with van der Waals surface area (Å²) in [7, 11) is -4.73. The zero-order valence-corrected chi connectivity index (χ0v) is 24.6. The first-order valence-electron chi connectivity index (χ1n) is 13.5. The van der Waals surface area contributed by atoms with Crippen molar-refractivity contribution >= 4 is 41.5 Å². The van der Waals surface area contributed by atoms with Gasteiger partial charge >= 0.3 is 13.7 Å². The lowest BCUT2D eigenvalue weighted by Gasteiger charge is -2.32. The fourth-order valence-electron chi connectivity index (χ4n) is 4.68. The Hall–Kier alpha value is -3.82. The molecule has 1 aliphatic heterocycles. The molecule has 0 radical (unpaired) electrons. The van der Waals surface area contributed by atoms with Crippen LogP contribution in [0.5, 0.6) is 5.75 Å². The minimum absolute atomic E-state index is 0.00588. The summed E-state index contributed by atoms with van der Waals surface area (Å²) in [6, 6.07) is 10.5. The third kappa shape index (κ3) is 6.08. The summed E-state index contributed by atoms with van der Waals surface area (Å²) < 4.78 is 81.6. The van der Waals surface area contributed by atoms with Crippen LogP contribution in [0.1, 0.15) is 27.0 Å². The number of imidazole rings is 1. The first-order chi connectivity index (χ1) is 20.8. The SMILES string of the molecule is CC(C)OC(=O)[C@H](C)NP(=O)(OC[C@@]1(C(F)F)O[C@@H](n2cnc3c(N)ncnc32)[C@@H](F)[C@@H]1O)Oc1ccc2ccccc2c1. The number of hydrogen-bond donors (Lipinski definition) is 3. The van der Waals surface area contributed by atoms with Gasteiger partial charge in [-0.2, -0.15) is 5.09 Å². The maximum atomic E-state index is 15.5. The topological polar surface area (TPSA) is 173 Å². The summed E-state index contributed by atoms with van der Waals surface area (Å²) >= 11 is 0. The maximum absolute atomic E-state index is 15.5. The lowest BCUT2D eigenvalue weighted by Crippen LogP contribution is -2.52. The zero-order chi connectivity index (χ0) is 31.8. The van der Waals surface area contributed by atoms with Crippen molar-refractivity contribution < 1.29 is 46.2 Å². The predicted octanol–water partition coefficient (Wildman–Crippen LogP) is 3.93. The standard InChI is InChI=1S/C27H30F3N6O7P/c1-14(2)41-25(38)15(3)35-44(39,43-18-9-8-16-6-4-5-7-17(16)10-18)40-11-27(26(29)30)21(37)19(28)24(42-27)36-13-34-20-22(31)32-12-33-23(20)36/h4-10,12-15,19,21,24,26,37H,11H2,1-3H3,(H,35,39)(H2,31,32,33)/t15-,19-,21-,24+,27+,44?/m0/s1. The summed E-state index contributed by atoms with van der Waals surface area (Å²) in [5, 5.41) is 14.7. The molecule has 236 valence electrons. The van der Waals surface area contributed by atoms with E-state index >= 15 is 4.39 Å². The Balaban J connectivity index is 1.45. The number of hydrogen-bond acceptors (Lipinski definition) is 11. The van der Waals surface area contributed by atoms with E-state index in [0.717, 1.165) is 22.6 Å². The molecular weight excluding hydrogens is 608 g/mol. The van der Waals surface area contributed by atoms with Crippen molar-refractivity contribution in [2.45, 2.75) is 63.4 Å². The minimum Gasteiger partial charge on any atom is -0.462 e. The van der Waals surface area contributed by atoms with Gasteiger partial charge in [-0.05, 0) is 43.7 Å².